The number of nitrogens with one attached hydrogen (secondary N) is 1. The van der Waals surface area contributed by atoms with Crippen molar-refractivity contribution in [1.29, 1.82) is 0 Å². The Morgan fingerprint density at radius 2 is 2.23 bits per heavy atom. The van der Waals surface area contributed by atoms with Crippen LogP contribution in [0.4, 0.5) is 0 Å². The van der Waals surface area contributed by atoms with Crippen LogP contribution < -0.4 is 10.1 Å². The summed E-state index contributed by atoms with van der Waals surface area (Å²) in [4.78, 5) is 11.7. The molecule has 1 aliphatic rings. The van der Waals surface area contributed by atoms with E-state index in [-0.39, 0.29) is 29.9 Å². The number of methoxy groups -OCH3 is 1. The lowest BCUT2D eigenvalue weighted by molar-refractivity contribution is -0.126. The molecule has 1 fully saturated rings. The molecule has 0 bridgehead atoms. The fourth-order valence-corrected chi connectivity index (χ4v) is 4.23. The number of ether oxygens (including phenoxy) is 2. The van der Waals surface area contributed by atoms with Crippen molar-refractivity contribution in [3.8, 4) is 5.75 Å². The fourth-order valence-electron chi connectivity index (χ4n) is 2.37. The van der Waals surface area contributed by atoms with Crippen LogP contribution in [0.3, 0.4) is 0 Å². The minimum atomic E-state index is -2.90. The summed E-state index contributed by atoms with van der Waals surface area (Å²) in [6.45, 7) is 0.666. The van der Waals surface area contributed by atoms with E-state index >= 15 is 0 Å². The lowest BCUT2D eigenvalue weighted by Crippen LogP contribution is -2.32. The monoisotopic (exact) mass is 327 g/mol. The maximum absolute atomic E-state index is 11.7. The van der Waals surface area contributed by atoms with Crippen molar-refractivity contribution in [2.45, 2.75) is 13.0 Å². The average molecular weight is 327 g/mol. The van der Waals surface area contributed by atoms with E-state index in [0.717, 1.165) is 11.3 Å². The van der Waals surface area contributed by atoms with Gasteiger partial charge >= 0.3 is 0 Å². The van der Waals surface area contributed by atoms with Crippen LogP contribution in [0.5, 0.6) is 5.75 Å². The number of sulfone groups is 1. The van der Waals surface area contributed by atoms with Gasteiger partial charge in [-0.1, -0.05) is 12.1 Å². The molecule has 0 radical (unpaired) electrons. The molecular formula is C15H21NO5S. The first-order chi connectivity index (χ1) is 10.5. The highest BCUT2D eigenvalue weighted by molar-refractivity contribution is 7.91. The number of hydrogen-bond acceptors (Lipinski definition) is 5. The van der Waals surface area contributed by atoms with Crippen LogP contribution in [0, 0.1) is 5.92 Å². The summed E-state index contributed by atoms with van der Waals surface area (Å²) in [6, 6.07) is 7.44. The molecule has 22 heavy (non-hydrogen) atoms. The van der Waals surface area contributed by atoms with Gasteiger partial charge in [0.25, 0.3) is 0 Å². The van der Waals surface area contributed by atoms with Crippen LogP contribution in [-0.4, -0.2) is 46.1 Å². The van der Waals surface area contributed by atoms with E-state index < -0.39 is 9.84 Å². The molecule has 0 saturated carbocycles. The molecular weight excluding hydrogens is 306 g/mol. The molecule has 1 aromatic rings. The summed E-state index contributed by atoms with van der Waals surface area (Å²) >= 11 is 0. The Kier molecular flexibility index (Phi) is 5.79. The van der Waals surface area contributed by atoms with Crippen LogP contribution in [0.25, 0.3) is 0 Å². The van der Waals surface area contributed by atoms with Crippen molar-refractivity contribution < 1.29 is 22.7 Å². The molecule has 2 rings (SSSR count). The second-order valence-electron chi connectivity index (χ2n) is 5.42. The molecule has 1 unspecified atom stereocenters. The number of amides is 1. The van der Waals surface area contributed by atoms with E-state index in [2.05, 4.69) is 5.32 Å². The quantitative estimate of drug-likeness (QED) is 0.800. The van der Waals surface area contributed by atoms with Gasteiger partial charge in [-0.25, -0.2) is 8.42 Å². The van der Waals surface area contributed by atoms with Crippen molar-refractivity contribution in [2.75, 3.05) is 31.8 Å². The van der Waals surface area contributed by atoms with Crippen molar-refractivity contribution in [2.24, 2.45) is 5.92 Å². The van der Waals surface area contributed by atoms with Gasteiger partial charge in [0.15, 0.2) is 9.84 Å². The smallest absolute Gasteiger partial charge is 0.246 e. The SMILES string of the molecule is COc1cccc(COCC(=O)NCC2CCS(=O)(=O)C2)c1. The molecule has 1 aromatic carbocycles. The molecule has 1 amide bonds. The topological polar surface area (TPSA) is 81.7 Å². The van der Waals surface area contributed by atoms with Gasteiger partial charge in [0.05, 0.1) is 25.2 Å². The predicted octanol–water partition coefficient (Wildman–Crippen LogP) is 0.763. The van der Waals surface area contributed by atoms with Crippen molar-refractivity contribution in [1.82, 2.24) is 5.32 Å². The summed E-state index contributed by atoms with van der Waals surface area (Å²) in [7, 11) is -1.30. The Morgan fingerprint density at radius 1 is 1.41 bits per heavy atom. The van der Waals surface area contributed by atoms with Gasteiger partial charge < -0.3 is 14.8 Å². The lowest BCUT2D eigenvalue weighted by atomic mass is 10.1. The maximum Gasteiger partial charge on any atom is 0.246 e. The van der Waals surface area contributed by atoms with Crippen molar-refractivity contribution in [3.05, 3.63) is 29.8 Å². The molecule has 6 nitrogen and oxygen atoms in total. The first kappa shape index (κ1) is 16.8. The highest BCUT2D eigenvalue weighted by Gasteiger charge is 2.27. The van der Waals surface area contributed by atoms with E-state index in [1.54, 1.807) is 7.11 Å². The first-order valence-corrected chi connectivity index (χ1v) is 8.98. The van der Waals surface area contributed by atoms with Gasteiger partial charge in [0.1, 0.15) is 12.4 Å². The minimum Gasteiger partial charge on any atom is -0.497 e. The Labute approximate surface area is 130 Å². The minimum absolute atomic E-state index is 0.0207. The van der Waals surface area contributed by atoms with Crippen molar-refractivity contribution >= 4 is 15.7 Å². The Hall–Kier alpha value is -1.60. The molecule has 1 N–H and O–H groups in total. The molecule has 0 aliphatic carbocycles. The third-order valence-electron chi connectivity index (χ3n) is 3.55. The van der Waals surface area contributed by atoms with Gasteiger partial charge in [0, 0.05) is 6.54 Å². The van der Waals surface area contributed by atoms with Gasteiger partial charge in [-0.3, -0.25) is 4.79 Å². The molecule has 7 heteroatoms. The lowest BCUT2D eigenvalue weighted by Gasteiger charge is -2.10. The zero-order valence-electron chi connectivity index (χ0n) is 12.6. The number of rotatable bonds is 7. The largest absolute Gasteiger partial charge is 0.497 e. The van der Waals surface area contributed by atoms with Gasteiger partial charge in [-0.15, -0.1) is 0 Å². The summed E-state index contributed by atoms with van der Waals surface area (Å²) < 4.78 is 33.1. The number of benzene rings is 1. The highest BCUT2D eigenvalue weighted by atomic mass is 32.2. The van der Waals surface area contributed by atoms with E-state index in [1.165, 1.54) is 0 Å². The van der Waals surface area contributed by atoms with Crippen LogP contribution in [-0.2, 0) is 26.0 Å². The second kappa shape index (κ2) is 7.60. The van der Waals surface area contributed by atoms with Crippen LogP contribution in [0.1, 0.15) is 12.0 Å². The molecule has 0 aromatic heterocycles. The third-order valence-corrected chi connectivity index (χ3v) is 5.39. The van der Waals surface area contributed by atoms with E-state index in [1.807, 2.05) is 24.3 Å². The van der Waals surface area contributed by atoms with Crippen LogP contribution >= 0.6 is 0 Å². The second-order valence-corrected chi connectivity index (χ2v) is 7.65. The molecule has 1 atom stereocenters. The van der Waals surface area contributed by atoms with Gasteiger partial charge in [0.2, 0.25) is 5.91 Å². The normalized spacial score (nSPS) is 19.8. The zero-order valence-corrected chi connectivity index (χ0v) is 13.4. The van der Waals surface area contributed by atoms with E-state index in [9.17, 15) is 13.2 Å². The number of carbonyl (C=O) groups is 1. The Balaban J connectivity index is 1.65. The summed E-state index contributed by atoms with van der Waals surface area (Å²) in [5, 5.41) is 2.72. The summed E-state index contributed by atoms with van der Waals surface area (Å²) in [6.07, 6.45) is 0.618. The standard InChI is InChI=1S/C15H21NO5S/c1-20-14-4-2-3-12(7-14)9-21-10-15(17)16-8-13-5-6-22(18,19)11-13/h2-4,7,13H,5-6,8-11H2,1H3,(H,16,17). The summed E-state index contributed by atoms with van der Waals surface area (Å²) in [5.41, 5.74) is 0.925. The van der Waals surface area contributed by atoms with Gasteiger partial charge in [-0.2, -0.15) is 0 Å². The molecule has 0 spiro atoms. The van der Waals surface area contributed by atoms with E-state index in [0.29, 0.717) is 19.6 Å². The molecule has 122 valence electrons. The summed E-state index contributed by atoms with van der Waals surface area (Å²) in [5.74, 6) is 0.921. The van der Waals surface area contributed by atoms with Crippen molar-refractivity contribution in [3.63, 3.8) is 0 Å². The van der Waals surface area contributed by atoms with Crippen LogP contribution in [0.2, 0.25) is 0 Å². The van der Waals surface area contributed by atoms with E-state index in [4.69, 9.17) is 9.47 Å². The highest BCUT2D eigenvalue weighted by Crippen LogP contribution is 2.17. The number of carbonyl (C=O) groups excluding carboxylic acids is 1. The number of hydrogen-bond donors (Lipinski definition) is 1. The maximum atomic E-state index is 11.7. The molecule has 1 saturated heterocycles. The molecule has 1 heterocycles. The fraction of sp³-hybridized carbons (Fsp3) is 0.533. The Morgan fingerprint density at radius 3 is 2.91 bits per heavy atom. The first-order valence-electron chi connectivity index (χ1n) is 7.16. The Bertz CT molecular complexity index is 614. The molecule has 1 aliphatic heterocycles. The van der Waals surface area contributed by atoms with Gasteiger partial charge in [-0.05, 0) is 30.0 Å². The van der Waals surface area contributed by atoms with Crippen LogP contribution in [0.15, 0.2) is 24.3 Å². The third kappa shape index (κ3) is 5.31. The zero-order chi connectivity index (χ0) is 16.0. The average Bonchev–Trinajstić information content (AvgIpc) is 2.85. The predicted molar refractivity (Wildman–Crippen MR) is 82.4 cm³/mol.